The van der Waals surface area contributed by atoms with Crippen molar-refractivity contribution in [2.24, 2.45) is 11.7 Å². The van der Waals surface area contributed by atoms with Gasteiger partial charge in [-0.2, -0.15) is 11.8 Å². The molecule has 2 saturated heterocycles. The molecule has 7 heteroatoms. The van der Waals surface area contributed by atoms with E-state index in [4.69, 9.17) is 5.73 Å². The summed E-state index contributed by atoms with van der Waals surface area (Å²) in [6.45, 7) is 5.07. The Morgan fingerprint density at radius 2 is 1.91 bits per heavy atom. The molecule has 0 spiro atoms. The average Bonchev–Trinajstić information content (AvgIpc) is 2.54. The molecule has 3 N–H and O–H groups in total. The monoisotopic (exact) mass is 342 g/mol. The standard InChI is InChI=1S/C16H30N4O2S/c1-23-10-9-19-7-4-14(5-8-19)18-16(22)13-3-2-6-20(11-13)12-15(17)21/h13-14H,2-12H2,1H3,(H2,17,21)(H,18,22). The minimum absolute atomic E-state index is 0.00220. The first-order valence-corrected chi connectivity index (χ1v) is 10.00. The summed E-state index contributed by atoms with van der Waals surface area (Å²) in [4.78, 5) is 28.0. The zero-order valence-electron chi connectivity index (χ0n) is 14.1. The van der Waals surface area contributed by atoms with E-state index in [-0.39, 0.29) is 24.3 Å². The largest absolute Gasteiger partial charge is 0.369 e. The number of nitrogens with two attached hydrogens (primary N) is 1. The molecule has 0 radical (unpaired) electrons. The Morgan fingerprint density at radius 1 is 1.17 bits per heavy atom. The maximum Gasteiger partial charge on any atom is 0.231 e. The number of nitrogens with zero attached hydrogens (tertiary/aromatic N) is 2. The Labute approximate surface area is 143 Å². The fraction of sp³-hybridized carbons (Fsp3) is 0.875. The molecule has 2 aliphatic heterocycles. The van der Waals surface area contributed by atoms with E-state index in [0.29, 0.717) is 12.6 Å². The van der Waals surface area contributed by atoms with E-state index in [2.05, 4.69) is 16.5 Å². The van der Waals surface area contributed by atoms with E-state index < -0.39 is 0 Å². The Kier molecular flexibility index (Phi) is 7.65. The second-order valence-corrected chi connectivity index (χ2v) is 7.64. The average molecular weight is 343 g/mol. The molecule has 0 aromatic carbocycles. The van der Waals surface area contributed by atoms with Gasteiger partial charge in [-0.15, -0.1) is 0 Å². The number of piperidine rings is 2. The third-order valence-corrected chi connectivity index (χ3v) is 5.39. The molecule has 23 heavy (non-hydrogen) atoms. The molecule has 1 unspecified atom stereocenters. The van der Waals surface area contributed by atoms with Gasteiger partial charge in [0.25, 0.3) is 0 Å². The van der Waals surface area contributed by atoms with Gasteiger partial charge in [-0.25, -0.2) is 0 Å². The second kappa shape index (κ2) is 9.49. The highest BCUT2D eigenvalue weighted by atomic mass is 32.2. The van der Waals surface area contributed by atoms with Crippen molar-refractivity contribution >= 4 is 23.6 Å². The summed E-state index contributed by atoms with van der Waals surface area (Å²) in [7, 11) is 0. The number of carbonyl (C=O) groups excluding carboxylic acids is 2. The summed E-state index contributed by atoms with van der Waals surface area (Å²) in [6, 6.07) is 0.305. The molecule has 0 aromatic rings. The summed E-state index contributed by atoms with van der Waals surface area (Å²) in [5.74, 6) is 1.01. The molecule has 2 rings (SSSR count). The second-order valence-electron chi connectivity index (χ2n) is 6.66. The lowest BCUT2D eigenvalue weighted by Gasteiger charge is -2.35. The van der Waals surface area contributed by atoms with Crippen LogP contribution in [0.2, 0.25) is 0 Å². The first-order chi connectivity index (χ1) is 11.1. The highest BCUT2D eigenvalue weighted by Crippen LogP contribution is 2.18. The van der Waals surface area contributed by atoms with Crippen LogP contribution in [0.5, 0.6) is 0 Å². The van der Waals surface area contributed by atoms with Crippen LogP contribution in [0.15, 0.2) is 0 Å². The number of carbonyl (C=O) groups is 2. The highest BCUT2D eigenvalue weighted by molar-refractivity contribution is 7.98. The fourth-order valence-electron chi connectivity index (χ4n) is 3.47. The fourth-order valence-corrected chi connectivity index (χ4v) is 3.91. The zero-order chi connectivity index (χ0) is 16.7. The van der Waals surface area contributed by atoms with Gasteiger partial charge in [0.2, 0.25) is 11.8 Å². The van der Waals surface area contributed by atoms with Crippen LogP contribution in [-0.2, 0) is 9.59 Å². The first kappa shape index (κ1) is 18.5. The lowest BCUT2D eigenvalue weighted by Crippen LogP contribution is -2.50. The normalized spacial score (nSPS) is 24.5. The third-order valence-electron chi connectivity index (χ3n) is 4.80. The van der Waals surface area contributed by atoms with Crippen molar-refractivity contribution in [2.75, 3.05) is 51.3 Å². The van der Waals surface area contributed by atoms with Crippen LogP contribution in [0.3, 0.4) is 0 Å². The van der Waals surface area contributed by atoms with Gasteiger partial charge in [-0.1, -0.05) is 0 Å². The smallest absolute Gasteiger partial charge is 0.231 e. The highest BCUT2D eigenvalue weighted by Gasteiger charge is 2.28. The SMILES string of the molecule is CSCCN1CCC(NC(=O)C2CCCN(CC(N)=O)C2)CC1. The maximum absolute atomic E-state index is 12.5. The third kappa shape index (κ3) is 6.31. The molecule has 1 atom stereocenters. The van der Waals surface area contributed by atoms with Crippen LogP contribution in [0, 0.1) is 5.92 Å². The van der Waals surface area contributed by atoms with E-state index in [1.54, 1.807) is 0 Å². The molecule has 0 bridgehead atoms. The van der Waals surface area contributed by atoms with Crippen molar-refractivity contribution in [3.63, 3.8) is 0 Å². The maximum atomic E-state index is 12.5. The molecule has 0 aliphatic carbocycles. The van der Waals surface area contributed by atoms with Crippen molar-refractivity contribution in [3.8, 4) is 0 Å². The number of rotatable bonds is 7. The van der Waals surface area contributed by atoms with Gasteiger partial charge < -0.3 is 16.0 Å². The van der Waals surface area contributed by atoms with Gasteiger partial charge in [0.1, 0.15) is 0 Å². The summed E-state index contributed by atoms with van der Waals surface area (Å²) in [5.41, 5.74) is 5.25. The van der Waals surface area contributed by atoms with E-state index in [0.717, 1.165) is 51.9 Å². The first-order valence-electron chi connectivity index (χ1n) is 8.61. The van der Waals surface area contributed by atoms with Crippen molar-refractivity contribution in [1.29, 1.82) is 0 Å². The number of hydrogen-bond donors (Lipinski definition) is 2. The number of nitrogens with one attached hydrogen (secondary N) is 1. The molecular formula is C16H30N4O2S. The molecule has 0 saturated carbocycles. The molecule has 2 fully saturated rings. The molecule has 132 valence electrons. The lowest BCUT2D eigenvalue weighted by atomic mass is 9.95. The molecule has 2 heterocycles. The van der Waals surface area contributed by atoms with Crippen LogP contribution in [0.1, 0.15) is 25.7 Å². The Hall–Kier alpha value is -0.790. The number of thioether (sulfide) groups is 1. The topological polar surface area (TPSA) is 78.7 Å². The Balaban J connectivity index is 1.71. The number of amides is 2. The van der Waals surface area contributed by atoms with E-state index in [1.807, 2.05) is 16.7 Å². The van der Waals surface area contributed by atoms with Gasteiger partial charge >= 0.3 is 0 Å². The number of hydrogen-bond acceptors (Lipinski definition) is 5. The van der Waals surface area contributed by atoms with Crippen molar-refractivity contribution in [3.05, 3.63) is 0 Å². The predicted octanol–water partition coefficient (Wildman–Crippen LogP) is 0.127. The summed E-state index contributed by atoms with van der Waals surface area (Å²) < 4.78 is 0. The van der Waals surface area contributed by atoms with Crippen LogP contribution < -0.4 is 11.1 Å². The van der Waals surface area contributed by atoms with E-state index in [1.165, 1.54) is 5.75 Å². The van der Waals surface area contributed by atoms with E-state index in [9.17, 15) is 9.59 Å². The van der Waals surface area contributed by atoms with E-state index >= 15 is 0 Å². The van der Waals surface area contributed by atoms with Crippen LogP contribution >= 0.6 is 11.8 Å². The molecule has 2 aliphatic rings. The van der Waals surface area contributed by atoms with Crippen molar-refractivity contribution in [2.45, 2.75) is 31.7 Å². The minimum Gasteiger partial charge on any atom is -0.369 e. The summed E-state index contributed by atoms with van der Waals surface area (Å²) in [5, 5.41) is 3.23. The van der Waals surface area contributed by atoms with Crippen molar-refractivity contribution < 1.29 is 9.59 Å². The van der Waals surface area contributed by atoms with Gasteiger partial charge in [0.05, 0.1) is 12.5 Å². The molecule has 0 aromatic heterocycles. The van der Waals surface area contributed by atoms with Crippen LogP contribution in [-0.4, -0.2) is 78.9 Å². The summed E-state index contributed by atoms with van der Waals surface area (Å²) >= 11 is 1.88. The van der Waals surface area contributed by atoms with Gasteiger partial charge in [-0.3, -0.25) is 14.5 Å². The van der Waals surface area contributed by atoms with Crippen molar-refractivity contribution in [1.82, 2.24) is 15.1 Å². The van der Waals surface area contributed by atoms with Gasteiger partial charge in [0.15, 0.2) is 0 Å². The lowest BCUT2D eigenvalue weighted by molar-refractivity contribution is -0.129. The number of primary amides is 1. The Bertz CT molecular complexity index is 400. The molecular weight excluding hydrogens is 312 g/mol. The van der Waals surface area contributed by atoms with Gasteiger partial charge in [0, 0.05) is 38.0 Å². The predicted molar refractivity (Wildman–Crippen MR) is 94.3 cm³/mol. The Morgan fingerprint density at radius 3 is 2.57 bits per heavy atom. The molecule has 6 nitrogen and oxygen atoms in total. The van der Waals surface area contributed by atoms with Crippen LogP contribution in [0.4, 0.5) is 0 Å². The zero-order valence-corrected chi connectivity index (χ0v) is 14.9. The van der Waals surface area contributed by atoms with Crippen LogP contribution in [0.25, 0.3) is 0 Å². The molecule has 2 amide bonds. The minimum atomic E-state index is -0.316. The quantitative estimate of drug-likeness (QED) is 0.687. The van der Waals surface area contributed by atoms with Gasteiger partial charge in [-0.05, 0) is 38.5 Å². The summed E-state index contributed by atoms with van der Waals surface area (Å²) in [6.07, 6.45) is 6.08. The number of likely N-dealkylation sites (tertiary alicyclic amines) is 2.